The van der Waals surface area contributed by atoms with Gasteiger partial charge in [-0.2, -0.15) is 16.8 Å². The lowest BCUT2D eigenvalue weighted by molar-refractivity contribution is -0.530. The third kappa shape index (κ3) is 4.49. The summed E-state index contributed by atoms with van der Waals surface area (Å²) in [5.74, 6) is 0. The van der Waals surface area contributed by atoms with E-state index < -0.39 is 35.6 Å². The monoisotopic (exact) mass is 339 g/mol. The number of hydroxylamine groups is 1. The fraction of sp³-hybridized carbons (Fsp3) is 0.364. The standard InChI is InChI=1S/C11H15NO7S2/c1-11(2,3)12(13)7-8-4-5-9(20(14,15)16)6-10(8)21(17,18)19/h4-7H,1-3H3,(H,14,15,16)(H,17,18,19)/b12-7-/i7+2. The first-order valence-electron chi connectivity index (χ1n) is 5.63. The Kier molecular flexibility index (Phi) is 4.49. The number of benzene rings is 1. The van der Waals surface area contributed by atoms with Crippen LogP contribution < -0.4 is 0 Å². The van der Waals surface area contributed by atoms with Gasteiger partial charge in [0.15, 0.2) is 11.8 Å². The molecule has 0 fully saturated rings. The van der Waals surface area contributed by atoms with Crippen molar-refractivity contribution in [2.24, 2.45) is 0 Å². The zero-order valence-corrected chi connectivity index (χ0v) is 13.1. The molecule has 0 bridgehead atoms. The van der Waals surface area contributed by atoms with E-state index in [2.05, 4.69) is 0 Å². The lowest BCUT2D eigenvalue weighted by Crippen LogP contribution is -2.29. The van der Waals surface area contributed by atoms with Gasteiger partial charge in [-0.15, -0.1) is 0 Å². The number of nitrogens with zero attached hydrogens (tertiary/aromatic N) is 1. The highest BCUT2D eigenvalue weighted by Crippen LogP contribution is 2.20. The first kappa shape index (κ1) is 17.6. The molecule has 0 aliphatic heterocycles. The van der Waals surface area contributed by atoms with Crippen LogP contribution in [0.1, 0.15) is 26.3 Å². The van der Waals surface area contributed by atoms with Crippen LogP contribution in [0.25, 0.3) is 0 Å². The quantitative estimate of drug-likeness (QED) is 0.275. The second kappa shape index (κ2) is 5.37. The van der Waals surface area contributed by atoms with Crippen molar-refractivity contribution in [3.63, 3.8) is 0 Å². The zero-order chi connectivity index (χ0) is 16.6. The normalized spacial score (nSPS) is 14.2. The third-order valence-corrected chi connectivity index (χ3v) is 4.24. The van der Waals surface area contributed by atoms with Crippen LogP contribution in [-0.2, 0) is 20.2 Å². The average Bonchev–Trinajstić information content (AvgIpc) is 2.25. The van der Waals surface area contributed by atoms with Crippen LogP contribution in [0.2, 0.25) is 0 Å². The first-order chi connectivity index (χ1) is 9.23. The highest BCUT2D eigenvalue weighted by Gasteiger charge is 2.23. The molecule has 0 amide bonds. The molecule has 0 radical (unpaired) electrons. The van der Waals surface area contributed by atoms with Crippen molar-refractivity contribution in [3.05, 3.63) is 29.0 Å². The Labute approximate surface area is 122 Å². The Morgan fingerprint density at radius 3 is 2.00 bits per heavy atom. The molecule has 0 aromatic heterocycles. The molecule has 0 aliphatic rings. The molecule has 10 heteroatoms. The van der Waals surface area contributed by atoms with Crippen LogP contribution >= 0.6 is 0 Å². The van der Waals surface area contributed by atoms with Crippen LogP contribution in [0.3, 0.4) is 0 Å². The van der Waals surface area contributed by atoms with E-state index in [0.717, 1.165) is 18.3 Å². The van der Waals surface area contributed by atoms with Gasteiger partial charge in [-0.25, -0.2) is 4.74 Å². The van der Waals surface area contributed by atoms with E-state index in [1.807, 2.05) is 0 Å². The van der Waals surface area contributed by atoms with Crippen molar-refractivity contribution in [1.29, 1.82) is 0 Å². The molecule has 21 heavy (non-hydrogen) atoms. The summed E-state index contributed by atoms with van der Waals surface area (Å²) in [7, 11) is -9.42. The van der Waals surface area contributed by atoms with E-state index in [1.165, 1.54) is 0 Å². The van der Waals surface area contributed by atoms with Gasteiger partial charge < -0.3 is 5.21 Å². The molecule has 1 aromatic carbocycles. The first-order valence-corrected chi connectivity index (χ1v) is 8.51. The Bertz CT molecular complexity index is 786. The Morgan fingerprint density at radius 1 is 1.10 bits per heavy atom. The average molecular weight is 339 g/mol. The van der Waals surface area contributed by atoms with E-state index in [9.17, 15) is 22.0 Å². The summed E-state index contributed by atoms with van der Waals surface area (Å²) in [5.41, 5.74) is -1.06. The predicted octanol–water partition coefficient (Wildman–Crippen LogP) is 0.908. The summed E-state index contributed by atoms with van der Waals surface area (Å²) in [6.45, 7) is 4.74. The minimum Gasteiger partial charge on any atom is -0.623 e. The highest BCUT2D eigenvalue weighted by molar-refractivity contribution is 7.86. The summed E-state index contributed by atoms with van der Waals surface area (Å²) in [6.07, 6.45) is 0.914. The molecular formula is C11H15NO7S2. The summed E-state index contributed by atoms with van der Waals surface area (Å²) >= 11 is 0. The lowest BCUT2D eigenvalue weighted by atomic mass is 10.1. The predicted molar refractivity (Wildman–Crippen MR) is 74.6 cm³/mol. The smallest absolute Gasteiger partial charge is 0.295 e. The van der Waals surface area contributed by atoms with Gasteiger partial charge in [0.1, 0.15) is 4.90 Å². The minimum absolute atomic E-state index is 0.199. The van der Waals surface area contributed by atoms with Crippen molar-refractivity contribution in [3.8, 4) is 0 Å². The molecule has 0 heterocycles. The molecule has 8 nitrogen and oxygen atoms in total. The van der Waals surface area contributed by atoms with Crippen molar-refractivity contribution in [2.45, 2.75) is 36.1 Å². The molecular weight excluding hydrogens is 324 g/mol. The second-order valence-electron chi connectivity index (χ2n) is 5.28. The summed E-state index contributed by atoms with van der Waals surface area (Å²) in [6, 6.07) is 2.50. The Balaban J connectivity index is 3.63. The molecule has 0 saturated carbocycles. The topological polar surface area (TPSA) is 135 Å². The maximum absolute atomic E-state index is 11.8. The molecule has 0 aliphatic carbocycles. The molecule has 0 spiro atoms. The van der Waals surface area contributed by atoms with Gasteiger partial charge in [0.25, 0.3) is 20.2 Å². The van der Waals surface area contributed by atoms with E-state index in [1.54, 1.807) is 20.8 Å². The van der Waals surface area contributed by atoms with Gasteiger partial charge in [0.2, 0.25) is 0 Å². The Hall–Kier alpha value is -1.49. The summed E-state index contributed by atoms with van der Waals surface area (Å²) in [5, 5.41) is 11.8. The van der Waals surface area contributed by atoms with E-state index in [4.69, 9.17) is 9.11 Å². The van der Waals surface area contributed by atoms with Crippen LogP contribution in [0.5, 0.6) is 0 Å². The zero-order valence-electron chi connectivity index (χ0n) is 11.5. The Morgan fingerprint density at radius 2 is 1.62 bits per heavy atom. The van der Waals surface area contributed by atoms with E-state index >= 15 is 0 Å². The van der Waals surface area contributed by atoms with Crippen molar-refractivity contribution >= 4 is 26.5 Å². The minimum atomic E-state index is -4.78. The fourth-order valence-electron chi connectivity index (χ4n) is 1.33. The summed E-state index contributed by atoms with van der Waals surface area (Å²) < 4.78 is 63.1. The highest BCUT2D eigenvalue weighted by atomic mass is 32.2. The maximum atomic E-state index is 11.8. The van der Waals surface area contributed by atoms with E-state index in [0.29, 0.717) is 10.8 Å². The van der Waals surface area contributed by atoms with Gasteiger partial charge in [-0.05, 0) is 18.2 Å². The van der Waals surface area contributed by atoms with Gasteiger partial charge in [-0.3, -0.25) is 9.11 Å². The van der Waals surface area contributed by atoms with Crippen LogP contribution in [0, 0.1) is 5.21 Å². The molecule has 0 saturated heterocycles. The van der Waals surface area contributed by atoms with Crippen molar-refractivity contribution in [2.75, 3.05) is 0 Å². The largest absolute Gasteiger partial charge is 0.623 e. The van der Waals surface area contributed by atoms with Crippen LogP contribution in [0.15, 0.2) is 28.0 Å². The number of hydrogen-bond donors (Lipinski definition) is 2. The molecule has 1 rings (SSSR count). The molecule has 1 aromatic rings. The van der Waals surface area contributed by atoms with Crippen molar-refractivity contribution in [1.82, 2.24) is 0 Å². The van der Waals surface area contributed by atoms with Gasteiger partial charge in [0.05, 0.1) is 10.5 Å². The molecule has 2 N–H and O–H groups in total. The molecule has 118 valence electrons. The number of rotatable bonds is 3. The maximum Gasteiger partial charge on any atom is 0.295 e. The lowest BCUT2D eigenvalue weighted by Gasteiger charge is -2.19. The van der Waals surface area contributed by atoms with Crippen molar-refractivity contribution < 1.29 is 30.7 Å². The van der Waals surface area contributed by atoms with Crippen LogP contribution in [0.4, 0.5) is 0 Å². The summed E-state index contributed by atoms with van der Waals surface area (Å²) in [4.78, 5) is -1.50. The molecule has 0 unspecified atom stereocenters. The third-order valence-electron chi connectivity index (χ3n) is 2.48. The van der Waals surface area contributed by atoms with Gasteiger partial charge >= 0.3 is 0 Å². The van der Waals surface area contributed by atoms with Gasteiger partial charge in [0, 0.05) is 20.8 Å². The number of hydrogen-bond acceptors (Lipinski definition) is 5. The van der Waals surface area contributed by atoms with Gasteiger partial charge in [-0.1, -0.05) is 0 Å². The molecule has 0 atom stereocenters. The SMILES string of the molecule is CC(C)(C)/[N+]([O-])=[14CH]/c1ccc(S(=O)(=O)O)cc1S(=O)(=O)O. The van der Waals surface area contributed by atoms with Crippen LogP contribution in [-0.4, -0.2) is 42.4 Å². The van der Waals surface area contributed by atoms with E-state index in [-0.39, 0.29) is 5.56 Å². The second-order valence-corrected chi connectivity index (χ2v) is 8.09. The fourth-order valence-corrected chi connectivity index (χ4v) is 2.60.